The number of nitrogens with zero attached hydrogens (tertiary/aromatic N) is 6. The van der Waals surface area contributed by atoms with Crippen LogP contribution >= 0.6 is 23.2 Å². The zero-order valence-corrected chi connectivity index (χ0v) is 37.1. The second-order valence-electron chi connectivity index (χ2n) is 15.5. The van der Waals surface area contributed by atoms with E-state index in [0.29, 0.717) is 0 Å². The maximum absolute atomic E-state index is 11.5. The predicted octanol–water partition coefficient (Wildman–Crippen LogP) is 8.52. The Labute approximate surface area is 368 Å². The quantitative estimate of drug-likeness (QED) is 0.131. The molecule has 1 N–H and O–H groups in total. The average Bonchev–Trinajstić information content (AvgIpc) is 3.68. The lowest BCUT2D eigenvalue weighted by Crippen LogP contribution is -2.47. The number of piperazine rings is 1. The van der Waals surface area contributed by atoms with E-state index >= 15 is 0 Å². The van der Waals surface area contributed by atoms with Gasteiger partial charge in [-0.25, -0.2) is 4.79 Å². The molecule has 3 heterocycles. The summed E-state index contributed by atoms with van der Waals surface area (Å²) in [6, 6.07) is 49.1. The lowest BCUT2D eigenvalue weighted by Gasteiger charge is -2.40. The Bertz CT molecular complexity index is 2500. The number of halogens is 2. The standard InChI is InChI=1S/C25H27ClN2.C17H21NO.C7H7ClN4O2/c1-20-6-5-7-21(18-20)19-27-14-16-28(17-15-27)25(22-8-3-2-4-9-22)23-10-12-24(26)13-11-23;1-18(2)13-14-19-17(15-9-5-3-6-10-15)16-11-7-4-8-12-16;1-11-4-3(9-6(8)10-4)5(13)12(2)7(11)14/h2-13,18,25H,14-17,19H2,1H3;3-12,17H,13-14H2,1-2H3;1-2H3,(H,9,10). The van der Waals surface area contributed by atoms with E-state index in [2.05, 4.69) is 161 Å². The van der Waals surface area contributed by atoms with Crippen LogP contribution in [0.2, 0.25) is 10.3 Å². The summed E-state index contributed by atoms with van der Waals surface area (Å²) < 4.78 is 8.34. The molecule has 0 bridgehead atoms. The predicted molar refractivity (Wildman–Crippen MR) is 249 cm³/mol. The summed E-state index contributed by atoms with van der Waals surface area (Å²) >= 11 is 11.7. The molecule has 12 heteroatoms. The third kappa shape index (κ3) is 12.4. The molecule has 0 saturated carbocycles. The molecule has 1 unspecified atom stereocenters. The van der Waals surface area contributed by atoms with Crippen molar-refractivity contribution in [1.29, 1.82) is 0 Å². The van der Waals surface area contributed by atoms with E-state index in [1.54, 1.807) is 0 Å². The van der Waals surface area contributed by atoms with Gasteiger partial charge in [-0.2, -0.15) is 4.98 Å². The van der Waals surface area contributed by atoms with Gasteiger partial charge in [0.05, 0.1) is 12.6 Å². The number of aryl methyl sites for hydroxylation is 2. The smallest absolute Gasteiger partial charge is 0.332 e. The third-order valence-corrected chi connectivity index (χ3v) is 11.1. The Balaban J connectivity index is 0.000000164. The fraction of sp³-hybridized carbons (Fsp3) is 0.286. The summed E-state index contributed by atoms with van der Waals surface area (Å²) in [5.74, 6) is 0. The second-order valence-corrected chi connectivity index (χ2v) is 16.3. The van der Waals surface area contributed by atoms with Gasteiger partial charge >= 0.3 is 5.69 Å². The van der Waals surface area contributed by atoms with Crippen molar-refractivity contribution in [1.82, 2.24) is 33.8 Å². The number of rotatable bonds is 11. The maximum atomic E-state index is 11.5. The molecule has 1 saturated heterocycles. The van der Waals surface area contributed by atoms with E-state index in [0.717, 1.165) is 55.5 Å². The van der Waals surface area contributed by atoms with Crippen LogP contribution in [0.15, 0.2) is 149 Å². The third-order valence-electron chi connectivity index (χ3n) is 10.7. The highest BCUT2D eigenvalue weighted by Crippen LogP contribution is 2.31. The van der Waals surface area contributed by atoms with Crippen LogP contribution in [0.5, 0.6) is 0 Å². The molecular weight excluding hydrogens is 805 g/mol. The Hall–Kier alpha value is -5.33. The average molecular weight is 861 g/mol. The zero-order valence-electron chi connectivity index (χ0n) is 35.5. The number of hydrogen-bond acceptors (Lipinski definition) is 7. The van der Waals surface area contributed by atoms with Gasteiger partial charge in [0.1, 0.15) is 6.10 Å². The van der Waals surface area contributed by atoms with Gasteiger partial charge in [0.15, 0.2) is 11.2 Å². The van der Waals surface area contributed by atoms with Crippen LogP contribution in [0, 0.1) is 6.92 Å². The summed E-state index contributed by atoms with van der Waals surface area (Å²) in [5, 5.41) is 0.886. The van der Waals surface area contributed by atoms with E-state index in [1.165, 1.54) is 52.0 Å². The van der Waals surface area contributed by atoms with Gasteiger partial charge in [0, 0.05) is 58.4 Å². The minimum atomic E-state index is -0.428. The van der Waals surface area contributed by atoms with Crippen LogP contribution in [-0.4, -0.2) is 87.2 Å². The van der Waals surface area contributed by atoms with E-state index in [-0.39, 0.29) is 28.6 Å². The number of hydrogen-bond donors (Lipinski definition) is 1. The molecule has 1 aliphatic rings. The first-order valence-corrected chi connectivity index (χ1v) is 21.2. The van der Waals surface area contributed by atoms with Crippen molar-refractivity contribution in [3.8, 4) is 0 Å². The minimum Gasteiger partial charge on any atom is -0.367 e. The van der Waals surface area contributed by atoms with Gasteiger partial charge in [-0.3, -0.25) is 23.7 Å². The monoisotopic (exact) mass is 859 g/mol. The van der Waals surface area contributed by atoms with E-state index in [9.17, 15) is 9.59 Å². The summed E-state index contributed by atoms with van der Waals surface area (Å²) in [7, 11) is 7.05. The van der Waals surface area contributed by atoms with Gasteiger partial charge in [0.25, 0.3) is 5.56 Å². The molecule has 318 valence electrons. The Morgan fingerprint density at radius 2 is 1.26 bits per heavy atom. The van der Waals surface area contributed by atoms with Crippen molar-refractivity contribution in [2.75, 3.05) is 53.4 Å². The number of benzene rings is 5. The molecule has 61 heavy (non-hydrogen) atoms. The highest BCUT2D eigenvalue weighted by atomic mass is 35.5. The van der Waals surface area contributed by atoms with Gasteiger partial charge in [0.2, 0.25) is 5.28 Å². The fourth-order valence-electron chi connectivity index (χ4n) is 7.43. The second kappa shape index (κ2) is 22.0. The Morgan fingerprint density at radius 3 is 1.82 bits per heavy atom. The molecule has 2 aromatic heterocycles. The van der Waals surface area contributed by atoms with Crippen LogP contribution in [-0.2, 0) is 25.4 Å². The summed E-state index contributed by atoms with van der Waals surface area (Å²) in [6.07, 6.45) is 0.0161. The Kier molecular flexibility index (Phi) is 16.3. The number of nitrogens with one attached hydrogen (secondary N) is 1. The first-order valence-electron chi connectivity index (χ1n) is 20.5. The van der Waals surface area contributed by atoms with Gasteiger partial charge in [-0.15, -0.1) is 0 Å². The van der Waals surface area contributed by atoms with Gasteiger partial charge in [-0.1, -0.05) is 145 Å². The van der Waals surface area contributed by atoms with Crippen molar-refractivity contribution in [3.05, 3.63) is 204 Å². The number of fused-ring (bicyclic) bond motifs is 1. The van der Waals surface area contributed by atoms with Crippen molar-refractivity contribution < 1.29 is 4.74 Å². The van der Waals surface area contributed by atoms with Crippen molar-refractivity contribution in [2.45, 2.75) is 25.6 Å². The molecule has 7 aromatic rings. The van der Waals surface area contributed by atoms with Crippen LogP contribution < -0.4 is 11.2 Å². The Morgan fingerprint density at radius 1 is 0.705 bits per heavy atom. The van der Waals surface area contributed by atoms with Crippen LogP contribution in [0.25, 0.3) is 11.2 Å². The van der Waals surface area contributed by atoms with Crippen molar-refractivity contribution in [3.63, 3.8) is 0 Å². The number of ether oxygens (including phenoxy) is 1. The number of aromatic nitrogens is 4. The fourth-order valence-corrected chi connectivity index (χ4v) is 7.73. The lowest BCUT2D eigenvalue weighted by atomic mass is 9.96. The first kappa shape index (κ1) is 45.2. The van der Waals surface area contributed by atoms with E-state index in [1.807, 2.05) is 24.3 Å². The largest absolute Gasteiger partial charge is 0.367 e. The van der Waals surface area contributed by atoms with Gasteiger partial charge < -0.3 is 14.6 Å². The topological polar surface area (TPSA) is 91.6 Å². The molecular formula is C49H55Cl2N7O3. The highest BCUT2D eigenvalue weighted by molar-refractivity contribution is 6.30. The lowest BCUT2D eigenvalue weighted by molar-refractivity contribution is 0.0687. The van der Waals surface area contributed by atoms with Crippen LogP contribution in [0.1, 0.15) is 45.5 Å². The highest BCUT2D eigenvalue weighted by Gasteiger charge is 2.26. The number of imidazole rings is 1. The number of H-pyrrole nitrogens is 1. The first-order chi connectivity index (χ1) is 29.5. The van der Waals surface area contributed by atoms with Crippen LogP contribution in [0.4, 0.5) is 0 Å². The van der Waals surface area contributed by atoms with Crippen molar-refractivity contribution in [2.24, 2.45) is 14.1 Å². The van der Waals surface area contributed by atoms with Crippen LogP contribution in [0.3, 0.4) is 0 Å². The summed E-state index contributed by atoms with van der Waals surface area (Å²) in [6.45, 7) is 9.15. The molecule has 8 rings (SSSR count). The molecule has 0 aliphatic carbocycles. The molecule has 1 fully saturated rings. The molecule has 1 atom stereocenters. The number of likely N-dealkylation sites (N-methyl/N-ethyl adjacent to an activating group) is 1. The molecule has 5 aromatic carbocycles. The van der Waals surface area contributed by atoms with E-state index in [4.69, 9.17) is 27.9 Å². The molecule has 0 spiro atoms. The zero-order chi connectivity index (χ0) is 43.3. The number of aromatic amines is 1. The minimum absolute atomic E-state index is 0.0161. The molecule has 0 amide bonds. The summed E-state index contributed by atoms with van der Waals surface area (Å²) in [4.78, 5) is 36.7. The molecule has 1 aliphatic heterocycles. The maximum Gasteiger partial charge on any atom is 0.332 e. The SMILES string of the molecule is CN(C)CCOC(c1ccccc1)c1ccccc1.Cc1cccc(CN2CCN(C(c3ccccc3)c3ccc(Cl)cc3)CC2)c1.Cn1c(=O)c2[nH]c(Cl)nc2n(C)c1=O. The summed E-state index contributed by atoms with van der Waals surface area (Å²) in [5.41, 5.74) is 7.45. The molecule has 0 radical (unpaired) electrons. The van der Waals surface area contributed by atoms with Crippen molar-refractivity contribution >= 4 is 34.4 Å². The molecule has 10 nitrogen and oxygen atoms in total. The van der Waals surface area contributed by atoms with E-state index < -0.39 is 11.2 Å². The normalized spacial score (nSPS) is 13.7. The van der Waals surface area contributed by atoms with Gasteiger partial charge in [-0.05, 0) is 72.6 Å².